The van der Waals surface area contributed by atoms with Crippen molar-refractivity contribution in [2.75, 3.05) is 4.90 Å². The highest BCUT2D eigenvalue weighted by molar-refractivity contribution is 5.46. The number of hydrogen-bond acceptors (Lipinski definition) is 3. The summed E-state index contributed by atoms with van der Waals surface area (Å²) in [6.45, 7) is 6.93. The summed E-state index contributed by atoms with van der Waals surface area (Å²) in [4.78, 5) is 6.63. The molecule has 3 nitrogen and oxygen atoms in total. The summed E-state index contributed by atoms with van der Waals surface area (Å²) in [6.07, 6.45) is 1.32. The molecule has 0 unspecified atom stereocenters. The lowest BCUT2D eigenvalue weighted by atomic mass is 10.1. The molecule has 0 saturated carbocycles. The van der Waals surface area contributed by atoms with Crippen LogP contribution in [-0.4, -0.2) is 16.1 Å². The van der Waals surface area contributed by atoms with Crippen molar-refractivity contribution in [3.63, 3.8) is 0 Å². The van der Waals surface area contributed by atoms with Crippen molar-refractivity contribution in [2.45, 2.75) is 39.5 Å². The standard InChI is InChI=1S/C17H22N2O/c1-13(2)19(12-15-7-5-4-6-8-15)16-9-10-17(14(3)20)18-11-16/h4-11,13-14,20H,12H2,1-3H3/t14-/m0/s1. The molecule has 0 spiro atoms. The van der Waals surface area contributed by atoms with Crippen molar-refractivity contribution >= 4 is 5.69 Å². The monoisotopic (exact) mass is 270 g/mol. The third-order valence-electron chi connectivity index (χ3n) is 3.35. The Labute approximate surface area is 120 Å². The van der Waals surface area contributed by atoms with Crippen LogP contribution in [0, 0.1) is 0 Å². The van der Waals surface area contributed by atoms with Gasteiger partial charge in [0.2, 0.25) is 0 Å². The lowest BCUT2D eigenvalue weighted by Gasteiger charge is -2.29. The number of pyridine rings is 1. The first kappa shape index (κ1) is 14.5. The van der Waals surface area contributed by atoms with Crippen LogP contribution < -0.4 is 4.90 Å². The van der Waals surface area contributed by atoms with E-state index in [0.717, 1.165) is 12.2 Å². The van der Waals surface area contributed by atoms with Gasteiger partial charge in [-0.1, -0.05) is 30.3 Å². The van der Waals surface area contributed by atoms with Crippen LogP contribution in [0.25, 0.3) is 0 Å². The highest BCUT2D eigenvalue weighted by atomic mass is 16.3. The van der Waals surface area contributed by atoms with E-state index in [1.807, 2.05) is 24.4 Å². The Morgan fingerprint density at radius 2 is 1.75 bits per heavy atom. The van der Waals surface area contributed by atoms with Crippen molar-refractivity contribution in [1.29, 1.82) is 0 Å². The fourth-order valence-corrected chi connectivity index (χ4v) is 2.17. The van der Waals surface area contributed by atoms with Gasteiger partial charge in [-0.05, 0) is 38.5 Å². The fraction of sp³-hybridized carbons (Fsp3) is 0.353. The highest BCUT2D eigenvalue weighted by Crippen LogP contribution is 2.21. The Bertz CT molecular complexity index is 520. The van der Waals surface area contributed by atoms with Crippen molar-refractivity contribution in [1.82, 2.24) is 4.98 Å². The van der Waals surface area contributed by atoms with Gasteiger partial charge in [-0.15, -0.1) is 0 Å². The zero-order valence-electron chi connectivity index (χ0n) is 12.3. The predicted octanol–water partition coefficient (Wildman–Crippen LogP) is 3.55. The zero-order chi connectivity index (χ0) is 14.5. The summed E-state index contributed by atoms with van der Waals surface area (Å²) in [6, 6.07) is 14.7. The van der Waals surface area contributed by atoms with Gasteiger partial charge in [0.1, 0.15) is 0 Å². The molecular weight excluding hydrogens is 248 g/mol. The van der Waals surface area contributed by atoms with E-state index in [-0.39, 0.29) is 0 Å². The molecule has 20 heavy (non-hydrogen) atoms. The van der Waals surface area contributed by atoms with Crippen molar-refractivity contribution in [3.8, 4) is 0 Å². The fourth-order valence-electron chi connectivity index (χ4n) is 2.17. The van der Waals surface area contributed by atoms with Crippen LogP contribution in [0.4, 0.5) is 5.69 Å². The Balaban J connectivity index is 2.20. The summed E-state index contributed by atoms with van der Waals surface area (Å²) in [5.74, 6) is 0. The van der Waals surface area contributed by atoms with Gasteiger partial charge in [0.25, 0.3) is 0 Å². The molecule has 0 fully saturated rings. The Hall–Kier alpha value is -1.87. The van der Waals surface area contributed by atoms with Crippen LogP contribution in [0.1, 0.15) is 38.1 Å². The van der Waals surface area contributed by atoms with E-state index in [4.69, 9.17) is 0 Å². The Kier molecular flexibility index (Phi) is 4.74. The van der Waals surface area contributed by atoms with Crippen LogP contribution >= 0.6 is 0 Å². The first-order valence-electron chi connectivity index (χ1n) is 7.02. The number of aliphatic hydroxyl groups is 1. The second kappa shape index (κ2) is 6.53. The van der Waals surface area contributed by atoms with E-state index in [1.54, 1.807) is 6.92 Å². The maximum absolute atomic E-state index is 9.52. The first-order valence-corrected chi connectivity index (χ1v) is 7.02. The van der Waals surface area contributed by atoms with Crippen molar-refractivity contribution < 1.29 is 5.11 Å². The lowest BCUT2D eigenvalue weighted by Crippen LogP contribution is -2.30. The van der Waals surface area contributed by atoms with Crippen molar-refractivity contribution in [3.05, 3.63) is 59.9 Å². The smallest absolute Gasteiger partial charge is 0.0931 e. The van der Waals surface area contributed by atoms with Gasteiger partial charge in [-0.3, -0.25) is 4.98 Å². The number of benzene rings is 1. The number of nitrogens with zero attached hydrogens (tertiary/aromatic N) is 2. The quantitative estimate of drug-likeness (QED) is 0.902. The second-order valence-electron chi connectivity index (χ2n) is 5.32. The maximum atomic E-state index is 9.52. The topological polar surface area (TPSA) is 36.4 Å². The van der Waals surface area contributed by atoms with Gasteiger partial charge in [-0.2, -0.15) is 0 Å². The molecule has 0 aliphatic carbocycles. The number of anilines is 1. The number of hydrogen-bond donors (Lipinski definition) is 1. The summed E-state index contributed by atoms with van der Waals surface area (Å²) >= 11 is 0. The van der Waals surface area contributed by atoms with Crippen LogP contribution in [0.2, 0.25) is 0 Å². The van der Waals surface area contributed by atoms with Gasteiger partial charge < -0.3 is 10.0 Å². The van der Waals surface area contributed by atoms with Crippen LogP contribution in [0.3, 0.4) is 0 Å². The van der Waals surface area contributed by atoms with Gasteiger partial charge in [0.15, 0.2) is 0 Å². The average molecular weight is 270 g/mol. The summed E-state index contributed by atoms with van der Waals surface area (Å²) in [5.41, 5.74) is 3.06. The summed E-state index contributed by atoms with van der Waals surface area (Å²) in [7, 11) is 0. The third kappa shape index (κ3) is 3.58. The minimum atomic E-state index is -0.523. The molecule has 2 aromatic rings. The minimum absolute atomic E-state index is 0.384. The molecule has 1 N–H and O–H groups in total. The number of aliphatic hydroxyl groups excluding tert-OH is 1. The van der Waals surface area contributed by atoms with Crippen LogP contribution in [0.5, 0.6) is 0 Å². The molecule has 1 aromatic heterocycles. The zero-order valence-corrected chi connectivity index (χ0v) is 12.3. The van der Waals surface area contributed by atoms with Gasteiger partial charge in [0.05, 0.1) is 23.7 Å². The molecule has 1 heterocycles. The second-order valence-corrected chi connectivity index (χ2v) is 5.32. The first-order chi connectivity index (χ1) is 9.58. The maximum Gasteiger partial charge on any atom is 0.0931 e. The molecule has 0 amide bonds. The summed E-state index contributed by atoms with van der Waals surface area (Å²) < 4.78 is 0. The molecule has 0 aliphatic heterocycles. The third-order valence-corrected chi connectivity index (χ3v) is 3.35. The Morgan fingerprint density at radius 1 is 1.05 bits per heavy atom. The van der Waals surface area contributed by atoms with Gasteiger partial charge in [0, 0.05) is 12.6 Å². The largest absolute Gasteiger partial charge is 0.387 e. The van der Waals surface area contributed by atoms with Crippen molar-refractivity contribution in [2.24, 2.45) is 0 Å². The van der Waals surface area contributed by atoms with Crippen LogP contribution in [0.15, 0.2) is 48.7 Å². The lowest BCUT2D eigenvalue weighted by molar-refractivity contribution is 0.194. The molecule has 3 heteroatoms. The van der Waals surface area contributed by atoms with Gasteiger partial charge >= 0.3 is 0 Å². The highest BCUT2D eigenvalue weighted by Gasteiger charge is 2.12. The molecule has 0 aliphatic rings. The van der Waals surface area contributed by atoms with Crippen LogP contribution in [-0.2, 0) is 6.54 Å². The Morgan fingerprint density at radius 3 is 2.25 bits per heavy atom. The minimum Gasteiger partial charge on any atom is -0.387 e. The number of rotatable bonds is 5. The van der Waals surface area contributed by atoms with Gasteiger partial charge in [-0.25, -0.2) is 0 Å². The summed E-state index contributed by atoms with van der Waals surface area (Å²) in [5, 5.41) is 9.52. The van der Waals surface area contributed by atoms with E-state index in [1.165, 1.54) is 5.56 Å². The molecule has 1 aromatic carbocycles. The molecular formula is C17H22N2O. The molecule has 1 atom stereocenters. The molecule has 0 radical (unpaired) electrons. The van der Waals surface area contributed by atoms with E-state index < -0.39 is 6.10 Å². The predicted molar refractivity (Wildman–Crippen MR) is 82.6 cm³/mol. The average Bonchev–Trinajstić information content (AvgIpc) is 2.45. The molecule has 0 bridgehead atoms. The molecule has 0 saturated heterocycles. The normalized spacial score (nSPS) is 12.4. The van der Waals surface area contributed by atoms with E-state index >= 15 is 0 Å². The number of aromatic nitrogens is 1. The molecule has 106 valence electrons. The SMILES string of the molecule is CC(C)N(Cc1ccccc1)c1ccc([C@H](C)O)nc1. The van der Waals surface area contributed by atoms with E-state index in [0.29, 0.717) is 11.7 Å². The van der Waals surface area contributed by atoms with E-state index in [2.05, 4.69) is 48.0 Å². The molecule has 2 rings (SSSR count). The van der Waals surface area contributed by atoms with E-state index in [9.17, 15) is 5.11 Å².